The number of carbonyl (C=O) groups excluding carboxylic acids is 11. The van der Waals surface area contributed by atoms with Gasteiger partial charge in [0.25, 0.3) is 0 Å². The molecule has 0 spiro atoms. The van der Waals surface area contributed by atoms with E-state index in [2.05, 4.69) is 53.2 Å². The Morgan fingerprint density at radius 2 is 0.944 bits per heavy atom. The van der Waals surface area contributed by atoms with E-state index in [-0.39, 0.29) is 58.0 Å². The predicted octanol–water partition coefficient (Wildman–Crippen LogP) is -10.0. The van der Waals surface area contributed by atoms with Gasteiger partial charge < -0.3 is 103 Å². The lowest BCUT2D eigenvalue weighted by Crippen LogP contribution is -2.61. The molecule has 26 N–H and O–H groups in total. The topological polar surface area (TPSA) is 549 Å². The monoisotopic (exact) mass is 1030 g/mol. The minimum Gasteiger partial charge on any atom is -0.394 e. The van der Waals surface area contributed by atoms with Gasteiger partial charge in [-0.05, 0) is 85.2 Å². The summed E-state index contributed by atoms with van der Waals surface area (Å²) in [6.45, 7) is 1.82. The molecule has 0 unspecified atom stereocenters. The standard InChI is InChI=1S/C41H77N17O14/c1-20(52-40(72)32(22(3)61)58-37(69)26(12-13-28(45)62)54-34(66)23(44)9-4-6-14-42)33(65)53-25(11-8-16-49-41(47)48)35(67)55-24(10-5-7-15-43)36(68)56-27(19-59)38(70)57-31(21(2)60)39(71)51-18-30(64)50-17-29(46)63/h20-27,31-32,59-61H,4-19,42-44H2,1-3H3,(H2,45,62)(H2,46,63)(H,50,64)(H,51,71)(H,52,72)(H,53,65)(H,54,66)(H,55,67)(H,56,68)(H,57,70)(H,58,69)(H4,47,48,49)/t20-,21+,22+,23-,24-,25-,26-,27-,31-,32-/m0/s1. The van der Waals surface area contributed by atoms with E-state index in [0.717, 1.165) is 13.8 Å². The Morgan fingerprint density at radius 3 is 1.44 bits per heavy atom. The molecule has 0 aromatic rings. The molecule has 0 radical (unpaired) electrons. The zero-order valence-corrected chi connectivity index (χ0v) is 40.9. The number of guanidine groups is 1. The van der Waals surface area contributed by atoms with Gasteiger partial charge in [-0.1, -0.05) is 6.42 Å². The van der Waals surface area contributed by atoms with Crippen LogP contribution in [0.3, 0.4) is 0 Å². The molecule has 0 rings (SSSR count). The minimum absolute atomic E-state index is 0.0415. The minimum atomic E-state index is -1.78. The van der Waals surface area contributed by atoms with Gasteiger partial charge in [-0.3, -0.25) is 58.1 Å². The summed E-state index contributed by atoms with van der Waals surface area (Å²) in [5, 5.41) is 61.6. The molecule has 0 fully saturated rings. The molecule has 31 nitrogen and oxygen atoms in total. The van der Waals surface area contributed by atoms with Crippen molar-refractivity contribution < 1.29 is 68.1 Å². The van der Waals surface area contributed by atoms with Crippen LogP contribution in [0.2, 0.25) is 0 Å². The fourth-order valence-electron chi connectivity index (χ4n) is 6.28. The maximum atomic E-state index is 13.9. The van der Waals surface area contributed by atoms with Crippen molar-refractivity contribution in [2.75, 3.05) is 39.3 Å². The number of primary amides is 2. The highest BCUT2D eigenvalue weighted by molar-refractivity contribution is 5.98. The Labute approximate surface area is 416 Å². The second-order valence-electron chi connectivity index (χ2n) is 16.7. The molecule has 11 amide bonds. The van der Waals surface area contributed by atoms with Gasteiger partial charge in [0.15, 0.2) is 5.96 Å². The second-order valence-corrected chi connectivity index (χ2v) is 16.7. The number of hydrogen-bond acceptors (Lipinski definition) is 18. The first-order valence-corrected chi connectivity index (χ1v) is 23.2. The number of carbonyl (C=O) groups is 11. The van der Waals surface area contributed by atoms with Crippen LogP contribution in [0.25, 0.3) is 0 Å². The third-order valence-electron chi connectivity index (χ3n) is 10.4. The summed E-state index contributed by atoms with van der Waals surface area (Å²) >= 11 is 0. The summed E-state index contributed by atoms with van der Waals surface area (Å²) in [5.74, 6) is -10.9. The van der Waals surface area contributed by atoms with Crippen molar-refractivity contribution in [3.05, 3.63) is 0 Å². The lowest BCUT2D eigenvalue weighted by molar-refractivity contribution is -0.137. The molecule has 410 valence electrons. The number of rotatable bonds is 37. The highest BCUT2D eigenvalue weighted by atomic mass is 16.3. The van der Waals surface area contributed by atoms with E-state index in [1.54, 1.807) is 0 Å². The first-order chi connectivity index (χ1) is 33.8. The van der Waals surface area contributed by atoms with Crippen LogP contribution >= 0.6 is 0 Å². The third-order valence-corrected chi connectivity index (χ3v) is 10.4. The first-order valence-electron chi connectivity index (χ1n) is 23.2. The largest absolute Gasteiger partial charge is 0.394 e. The van der Waals surface area contributed by atoms with Crippen molar-refractivity contribution in [3.63, 3.8) is 0 Å². The maximum Gasteiger partial charge on any atom is 0.245 e. The number of aliphatic hydroxyl groups excluding tert-OH is 3. The van der Waals surface area contributed by atoms with E-state index in [4.69, 9.17) is 39.8 Å². The van der Waals surface area contributed by atoms with Crippen LogP contribution < -0.4 is 87.6 Å². The molecule has 0 aliphatic heterocycles. The molecule has 0 bridgehead atoms. The van der Waals surface area contributed by atoms with Crippen molar-refractivity contribution in [1.29, 1.82) is 5.41 Å². The predicted molar refractivity (Wildman–Crippen MR) is 256 cm³/mol. The van der Waals surface area contributed by atoms with Crippen LogP contribution in [0.1, 0.15) is 85.0 Å². The highest BCUT2D eigenvalue weighted by Crippen LogP contribution is 2.08. The Kier molecular flexibility index (Phi) is 32.0. The van der Waals surface area contributed by atoms with Gasteiger partial charge in [0.2, 0.25) is 65.0 Å². The van der Waals surface area contributed by atoms with E-state index in [1.165, 1.54) is 6.92 Å². The molecule has 0 aromatic carbocycles. The summed E-state index contributed by atoms with van der Waals surface area (Å²) in [7, 11) is 0. The van der Waals surface area contributed by atoms with E-state index >= 15 is 0 Å². The van der Waals surface area contributed by atoms with Crippen LogP contribution in [-0.4, -0.2) is 186 Å². The van der Waals surface area contributed by atoms with E-state index < -0.39 is 151 Å². The van der Waals surface area contributed by atoms with Gasteiger partial charge in [-0.2, -0.15) is 0 Å². The maximum absolute atomic E-state index is 13.9. The van der Waals surface area contributed by atoms with Crippen molar-refractivity contribution in [2.24, 2.45) is 34.4 Å². The summed E-state index contributed by atoms with van der Waals surface area (Å²) in [5.41, 5.74) is 32.7. The smallest absolute Gasteiger partial charge is 0.245 e. The van der Waals surface area contributed by atoms with Crippen molar-refractivity contribution in [3.8, 4) is 0 Å². The zero-order valence-electron chi connectivity index (χ0n) is 40.9. The number of aliphatic hydroxyl groups is 3. The van der Waals surface area contributed by atoms with Crippen LogP contribution in [0.15, 0.2) is 0 Å². The molecule has 0 heterocycles. The average Bonchev–Trinajstić information content (AvgIpc) is 3.31. The van der Waals surface area contributed by atoms with Crippen LogP contribution in [-0.2, 0) is 52.7 Å². The van der Waals surface area contributed by atoms with Gasteiger partial charge >= 0.3 is 0 Å². The summed E-state index contributed by atoms with van der Waals surface area (Å²) in [6.07, 6.45) is -2.05. The molecule has 0 aromatic heterocycles. The van der Waals surface area contributed by atoms with Crippen molar-refractivity contribution >= 4 is 70.9 Å². The fourth-order valence-corrected chi connectivity index (χ4v) is 6.28. The number of nitrogens with one attached hydrogen (secondary N) is 11. The second kappa shape index (κ2) is 35.3. The molecule has 72 heavy (non-hydrogen) atoms. The summed E-state index contributed by atoms with van der Waals surface area (Å²) in [6, 6.07) is -12.1. The fraction of sp³-hybridized carbons (Fsp3) is 0.707. The summed E-state index contributed by atoms with van der Waals surface area (Å²) < 4.78 is 0. The molecule has 10 atom stereocenters. The highest BCUT2D eigenvalue weighted by Gasteiger charge is 2.35. The molecular weight excluding hydrogens is 955 g/mol. The first kappa shape index (κ1) is 65.2. The van der Waals surface area contributed by atoms with Gasteiger partial charge in [0.05, 0.1) is 37.9 Å². The van der Waals surface area contributed by atoms with E-state index in [1.807, 2.05) is 0 Å². The van der Waals surface area contributed by atoms with Crippen molar-refractivity contribution in [2.45, 2.75) is 146 Å². The van der Waals surface area contributed by atoms with E-state index in [0.29, 0.717) is 25.8 Å². The number of nitrogens with two attached hydrogens (primary N) is 6. The number of amides is 11. The zero-order chi connectivity index (χ0) is 55.1. The Morgan fingerprint density at radius 1 is 0.486 bits per heavy atom. The van der Waals surface area contributed by atoms with Crippen LogP contribution in [0.5, 0.6) is 0 Å². The molecule has 0 saturated heterocycles. The van der Waals surface area contributed by atoms with E-state index in [9.17, 15) is 68.1 Å². The molecule has 0 aliphatic rings. The van der Waals surface area contributed by atoms with Gasteiger partial charge in [0, 0.05) is 13.0 Å². The lowest BCUT2D eigenvalue weighted by Gasteiger charge is -2.28. The van der Waals surface area contributed by atoms with Gasteiger partial charge in [-0.25, -0.2) is 0 Å². The van der Waals surface area contributed by atoms with Crippen LogP contribution in [0.4, 0.5) is 0 Å². The third kappa shape index (κ3) is 27.0. The molecular formula is C41H77N17O14. The van der Waals surface area contributed by atoms with Crippen LogP contribution in [0, 0.1) is 5.41 Å². The molecule has 0 saturated carbocycles. The Bertz CT molecular complexity index is 1840. The molecule has 0 aliphatic carbocycles. The number of unbranched alkanes of at least 4 members (excludes halogenated alkanes) is 2. The average molecular weight is 1030 g/mol. The SMILES string of the molecule is C[C@H](NC(=O)[C@@H](NC(=O)[C@H](CCC(N)=O)NC(=O)[C@@H](N)CCCCN)[C@@H](C)O)C(=O)N[C@@H](CCCNC(=N)N)C(=O)N[C@@H](CCCCN)C(=O)N[C@@H](CO)C(=O)N[C@H](C(=O)NCC(=O)NCC(N)=O)[C@@H](C)O. The Hall–Kier alpha value is -6.80. The normalized spacial score (nSPS) is 15.1. The summed E-state index contributed by atoms with van der Waals surface area (Å²) in [4.78, 5) is 141. The van der Waals surface area contributed by atoms with Gasteiger partial charge in [0.1, 0.15) is 42.3 Å². The molecule has 31 heteroatoms. The lowest BCUT2D eigenvalue weighted by atomic mass is 10.0. The van der Waals surface area contributed by atoms with Crippen molar-refractivity contribution in [1.82, 2.24) is 53.2 Å². The van der Waals surface area contributed by atoms with Gasteiger partial charge in [-0.15, -0.1) is 0 Å². The number of hydrogen-bond donors (Lipinski definition) is 20. The quantitative estimate of drug-likeness (QED) is 0.0156. The Balaban J connectivity index is 6.29.